The van der Waals surface area contributed by atoms with Gasteiger partial charge in [-0.2, -0.15) is 0 Å². The van der Waals surface area contributed by atoms with Gasteiger partial charge in [0.15, 0.2) is 0 Å². The SMILES string of the molecule is CCOC(=O)/C=C/C(=O)N(CC)CC. The van der Waals surface area contributed by atoms with E-state index in [0.29, 0.717) is 19.7 Å². The normalized spacial score (nSPS) is 10.2. The van der Waals surface area contributed by atoms with Crippen molar-refractivity contribution in [3.05, 3.63) is 12.2 Å². The lowest BCUT2D eigenvalue weighted by atomic mass is 10.4. The molecule has 4 heteroatoms. The first-order valence-electron chi connectivity index (χ1n) is 4.79. The lowest BCUT2D eigenvalue weighted by Crippen LogP contribution is -2.28. The third-order valence-corrected chi connectivity index (χ3v) is 1.72. The van der Waals surface area contributed by atoms with Gasteiger partial charge in [-0.05, 0) is 20.8 Å². The van der Waals surface area contributed by atoms with E-state index in [9.17, 15) is 9.59 Å². The van der Waals surface area contributed by atoms with Gasteiger partial charge in [-0.3, -0.25) is 4.79 Å². The molecule has 0 spiro atoms. The van der Waals surface area contributed by atoms with E-state index in [1.54, 1.807) is 11.8 Å². The molecule has 0 fully saturated rings. The smallest absolute Gasteiger partial charge is 0.330 e. The van der Waals surface area contributed by atoms with Crippen LogP contribution in [0.5, 0.6) is 0 Å². The molecule has 0 heterocycles. The summed E-state index contributed by atoms with van der Waals surface area (Å²) < 4.78 is 4.64. The van der Waals surface area contributed by atoms with Crippen LogP contribution in [-0.4, -0.2) is 36.5 Å². The number of esters is 1. The molecule has 0 rings (SSSR count). The highest BCUT2D eigenvalue weighted by Gasteiger charge is 2.05. The number of rotatable bonds is 5. The molecule has 0 unspecified atom stereocenters. The van der Waals surface area contributed by atoms with Gasteiger partial charge in [0.25, 0.3) is 0 Å². The van der Waals surface area contributed by atoms with E-state index in [4.69, 9.17) is 0 Å². The van der Waals surface area contributed by atoms with Crippen LogP contribution in [-0.2, 0) is 14.3 Å². The number of carbonyl (C=O) groups is 2. The first-order valence-corrected chi connectivity index (χ1v) is 4.79. The topological polar surface area (TPSA) is 46.6 Å². The third kappa shape index (κ3) is 4.64. The lowest BCUT2D eigenvalue weighted by molar-refractivity contribution is -0.137. The van der Waals surface area contributed by atoms with Gasteiger partial charge in [0.1, 0.15) is 0 Å². The summed E-state index contributed by atoms with van der Waals surface area (Å²) in [5.74, 6) is -0.643. The Balaban J connectivity index is 4.09. The van der Waals surface area contributed by atoms with Gasteiger partial charge in [0.05, 0.1) is 6.61 Å². The lowest BCUT2D eigenvalue weighted by Gasteiger charge is -2.15. The fourth-order valence-corrected chi connectivity index (χ4v) is 0.970. The minimum atomic E-state index is -0.479. The van der Waals surface area contributed by atoms with Crippen LogP contribution in [0.25, 0.3) is 0 Å². The molecule has 0 saturated heterocycles. The van der Waals surface area contributed by atoms with E-state index in [0.717, 1.165) is 6.08 Å². The summed E-state index contributed by atoms with van der Waals surface area (Å²) in [5, 5.41) is 0. The van der Waals surface area contributed by atoms with Crippen molar-refractivity contribution >= 4 is 11.9 Å². The molecule has 0 aromatic rings. The quantitative estimate of drug-likeness (QED) is 0.489. The average molecular weight is 199 g/mol. The highest BCUT2D eigenvalue weighted by molar-refractivity contribution is 5.94. The summed E-state index contributed by atoms with van der Waals surface area (Å²) >= 11 is 0. The largest absolute Gasteiger partial charge is 0.463 e. The van der Waals surface area contributed by atoms with Crippen molar-refractivity contribution in [2.45, 2.75) is 20.8 Å². The summed E-state index contributed by atoms with van der Waals surface area (Å²) in [5.41, 5.74) is 0. The molecule has 0 aromatic carbocycles. The van der Waals surface area contributed by atoms with Crippen molar-refractivity contribution in [2.24, 2.45) is 0 Å². The molecular weight excluding hydrogens is 182 g/mol. The summed E-state index contributed by atoms with van der Waals surface area (Å²) in [6, 6.07) is 0. The Hall–Kier alpha value is -1.32. The molecule has 0 radical (unpaired) electrons. The van der Waals surface area contributed by atoms with Gasteiger partial charge >= 0.3 is 5.97 Å². The Kier molecular flexibility index (Phi) is 6.45. The molecule has 1 amide bonds. The van der Waals surface area contributed by atoms with Crippen LogP contribution in [0.15, 0.2) is 12.2 Å². The summed E-state index contributed by atoms with van der Waals surface area (Å²) in [4.78, 5) is 23.8. The molecule has 0 saturated carbocycles. The minimum absolute atomic E-state index is 0.164. The van der Waals surface area contributed by atoms with Crippen molar-refractivity contribution in [3.63, 3.8) is 0 Å². The van der Waals surface area contributed by atoms with Crippen molar-refractivity contribution in [1.82, 2.24) is 4.90 Å². The number of hydrogen-bond donors (Lipinski definition) is 0. The zero-order valence-electron chi connectivity index (χ0n) is 8.95. The molecule has 80 valence electrons. The van der Waals surface area contributed by atoms with Crippen LogP contribution in [0.3, 0.4) is 0 Å². The fourth-order valence-electron chi connectivity index (χ4n) is 0.970. The second-order valence-corrected chi connectivity index (χ2v) is 2.60. The highest BCUT2D eigenvalue weighted by atomic mass is 16.5. The van der Waals surface area contributed by atoms with Gasteiger partial charge in [-0.25, -0.2) is 4.79 Å². The van der Waals surface area contributed by atoms with Crippen LogP contribution < -0.4 is 0 Å². The second-order valence-electron chi connectivity index (χ2n) is 2.60. The van der Waals surface area contributed by atoms with E-state index in [1.165, 1.54) is 6.08 Å². The second kappa shape index (κ2) is 7.12. The molecular formula is C10H17NO3. The molecule has 0 N–H and O–H groups in total. The number of carbonyl (C=O) groups excluding carboxylic acids is 2. The Labute approximate surface area is 84.5 Å². The number of hydrogen-bond acceptors (Lipinski definition) is 3. The highest BCUT2D eigenvalue weighted by Crippen LogP contribution is 1.91. The monoisotopic (exact) mass is 199 g/mol. The van der Waals surface area contributed by atoms with E-state index < -0.39 is 5.97 Å². The Bertz CT molecular complexity index is 219. The Morgan fingerprint density at radius 1 is 1.14 bits per heavy atom. The van der Waals surface area contributed by atoms with Crippen LogP contribution in [0.2, 0.25) is 0 Å². The maximum Gasteiger partial charge on any atom is 0.330 e. The van der Waals surface area contributed by atoms with Crippen molar-refractivity contribution in [1.29, 1.82) is 0 Å². The Morgan fingerprint density at radius 3 is 2.14 bits per heavy atom. The predicted molar refractivity (Wildman–Crippen MR) is 53.7 cm³/mol. The van der Waals surface area contributed by atoms with Gasteiger partial charge in [-0.15, -0.1) is 0 Å². The fraction of sp³-hybridized carbons (Fsp3) is 0.600. The maximum absolute atomic E-state index is 11.3. The summed E-state index contributed by atoms with van der Waals surface area (Å²) in [6.45, 7) is 7.10. The van der Waals surface area contributed by atoms with Crippen LogP contribution in [0.1, 0.15) is 20.8 Å². The van der Waals surface area contributed by atoms with Crippen molar-refractivity contribution in [2.75, 3.05) is 19.7 Å². The molecule has 0 aliphatic carbocycles. The first-order chi connectivity index (χ1) is 6.65. The van der Waals surface area contributed by atoms with Crippen LogP contribution >= 0.6 is 0 Å². The first kappa shape index (κ1) is 12.7. The number of ether oxygens (including phenoxy) is 1. The van der Waals surface area contributed by atoms with Crippen molar-refractivity contribution in [3.8, 4) is 0 Å². The van der Waals surface area contributed by atoms with Gasteiger partial charge < -0.3 is 9.64 Å². The van der Waals surface area contributed by atoms with E-state index >= 15 is 0 Å². The molecule has 4 nitrogen and oxygen atoms in total. The zero-order valence-corrected chi connectivity index (χ0v) is 8.95. The third-order valence-electron chi connectivity index (χ3n) is 1.72. The molecule has 0 aromatic heterocycles. The van der Waals surface area contributed by atoms with Crippen molar-refractivity contribution < 1.29 is 14.3 Å². The number of nitrogens with zero attached hydrogens (tertiary/aromatic N) is 1. The van der Waals surface area contributed by atoms with Crippen LogP contribution in [0, 0.1) is 0 Å². The molecule has 0 aliphatic heterocycles. The molecule has 0 aliphatic rings. The zero-order chi connectivity index (χ0) is 11.0. The maximum atomic E-state index is 11.3. The van der Waals surface area contributed by atoms with E-state index in [1.807, 2.05) is 13.8 Å². The van der Waals surface area contributed by atoms with Gasteiger partial charge in [0.2, 0.25) is 5.91 Å². The number of likely N-dealkylation sites (N-methyl/N-ethyl adjacent to an activating group) is 1. The summed E-state index contributed by atoms with van der Waals surface area (Å²) in [7, 11) is 0. The predicted octanol–water partition coefficient (Wildman–Crippen LogP) is 0.974. The molecule has 0 bridgehead atoms. The average Bonchev–Trinajstić information content (AvgIpc) is 2.17. The minimum Gasteiger partial charge on any atom is -0.463 e. The van der Waals surface area contributed by atoms with E-state index in [2.05, 4.69) is 4.74 Å². The molecule has 0 atom stereocenters. The Morgan fingerprint density at radius 2 is 1.71 bits per heavy atom. The standard InChI is InChI=1S/C10H17NO3/c1-4-11(5-2)9(12)7-8-10(13)14-6-3/h7-8H,4-6H2,1-3H3/b8-7+. The van der Waals surface area contributed by atoms with Crippen LogP contribution in [0.4, 0.5) is 0 Å². The van der Waals surface area contributed by atoms with E-state index in [-0.39, 0.29) is 5.91 Å². The van der Waals surface area contributed by atoms with Gasteiger partial charge in [-0.1, -0.05) is 0 Å². The van der Waals surface area contributed by atoms with Gasteiger partial charge in [0, 0.05) is 25.2 Å². The number of amides is 1. The summed E-state index contributed by atoms with van der Waals surface area (Å²) in [6.07, 6.45) is 2.40. The molecule has 14 heavy (non-hydrogen) atoms.